The maximum absolute atomic E-state index is 13.5. The van der Waals surface area contributed by atoms with Crippen LogP contribution in [-0.2, 0) is 14.4 Å². The van der Waals surface area contributed by atoms with Gasteiger partial charge in [-0.3, -0.25) is 9.69 Å². The lowest BCUT2D eigenvalue weighted by Gasteiger charge is -2.41. The van der Waals surface area contributed by atoms with Gasteiger partial charge in [0, 0.05) is 24.9 Å². The molecular formula is C21H25FN2O3. The van der Waals surface area contributed by atoms with E-state index in [9.17, 15) is 9.18 Å². The van der Waals surface area contributed by atoms with Gasteiger partial charge in [0.15, 0.2) is 0 Å². The standard InChI is InChI=1S/C21H25FN2O3/c1-3-10-24-11-6-9-21(15-24,20(25)26-4-2)14-18-13-19(23-27-18)16-7-5-8-17(22)12-16/h1,5,7-8,12,18H,4,6,9-11,13-15H2,2H3/t18-,21+/m1/s1. The third kappa shape index (κ3) is 4.48. The molecule has 0 unspecified atom stereocenters. The molecule has 0 amide bonds. The number of esters is 1. The predicted octanol–water partition coefficient (Wildman–Crippen LogP) is 2.99. The largest absolute Gasteiger partial charge is 0.466 e. The van der Waals surface area contributed by atoms with Crippen molar-refractivity contribution < 1.29 is 18.8 Å². The van der Waals surface area contributed by atoms with Crippen LogP contribution in [0.4, 0.5) is 4.39 Å². The van der Waals surface area contributed by atoms with Crippen molar-refractivity contribution in [1.29, 1.82) is 0 Å². The first kappa shape index (κ1) is 19.4. The van der Waals surface area contributed by atoms with Crippen LogP contribution in [-0.4, -0.2) is 48.9 Å². The van der Waals surface area contributed by atoms with E-state index in [1.54, 1.807) is 6.07 Å². The minimum Gasteiger partial charge on any atom is -0.466 e. The van der Waals surface area contributed by atoms with Gasteiger partial charge < -0.3 is 9.57 Å². The molecular weight excluding hydrogens is 347 g/mol. The number of hydrogen-bond acceptors (Lipinski definition) is 5. The fourth-order valence-electron chi connectivity index (χ4n) is 4.00. The Morgan fingerprint density at radius 1 is 1.56 bits per heavy atom. The molecule has 2 aliphatic rings. The van der Waals surface area contributed by atoms with Crippen molar-refractivity contribution in [1.82, 2.24) is 4.90 Å². The number of terminal acetylenes is 1. The van der Waals surface area contributed by atoms with Crippen molar-refractivity contribution in [2.45, 2.75) is 38.7 Å². The molecule has 2 heterocycles. The molecule has 6 heteroatoms. The van der Waals surface area contributed by atoms with Crippen LogP contribution < -0.4 is 0 Å². The van der Waals surface area contributed by atoms with Gasteiger partial charge in [0.05, 0.1) is 24.3 Å². The van der Waals surface area contributed by atoms with E-state index >= 15 is 0 Å². The monoisotopic (exact) mass is 372 g/mol. The van der Waals surface area contributed by atoms with E-state index in [4.69, 9.17) is 16.0 Å². The number of rotatable bonds is 6. The number of hydrogen-bond donors (Lipinski definition) is 0. The molecule has 1 saturated heterocycles. The van der Waals surface area contributed by atoms with Crippen molar-refractivity contribution >= 4 is 11.7 Å². The fourth-order valence-corrected chi connectivity index (χ4v) is 4.00. The summed E-state index contributed by atoms with van der Waals surface area (Å²) in [5, 5.41) is 4.14. The molecule has 0 aromatic heterocycles. The summed E-state index contributed by atoms with van der Waals surface area (Å²) in [5.41, 5.74) is 0.762. The van der Waals surface area contributed by atoms with Gasteiger partial charge in [0.25, 0.3) is 0 Å². The number of benzene rings is 1. The summed E-state index contributed by atoms with van der Waals surface area (Å²) in [6.45, 7) is 4.10. The second kappa shape index (κ2) is 8.53. The number of likely N-dealkylation sites (tertiary alicyclic amines) is 1. The summed E-state index contributed by atoms with van der Waals surface area (Å²) >= 11 is 0. The van der Waals surface area contributed by atoms with E-state index in [-0.39, 0.29) is 17.9 Å². The quantitative estimate of drug-likeness (QED) is 0.569. The van der Waals surface area contributed by atoms with Gasteiger partial charge in [0.2, 0.25) is 0 Å². The Balaban J connectivity index is 1.72. The lowest BCUT2D eigenvalue weighted by molar-refractivity contribution is -0.162. The summed E-state index contributed by atoms with van der Waals surface area (Å²) in [6.07, 6.45) is 7.89. The van der Waals surface area contributed by atoms with E-state index in [1.165, 1.54) is 12.1 Å². The van der Waals surface area contributed by atoms with Crippen LogP contribution in [0.5, 0.6) is 0 Å². The SMILES string of the molecule is C#CCN1CCC[C@@](C[C@H]2CC(c3cccc(F)c3)=NO2)(C(=O)OCC)C1. The van der Waals surface area contributed by atoms with Gasteiger partial charge in [-0.05, 0) is 38.4 Å². The Hall–Kier alpha value is -2.39. The summed E-state index contributed by atoms with van der Waals surface area (Å²) in [4.78, 5) is 20.5. The first-order chi connectivity index (χ1) is 13.1. The van der Waals surface area contributed by atoms with Gasteiger partial charge in [0.1, 0.15) is 11.9 Å². The van der Waals surface area contributed by atoms with Crippen molar-refractivity contribution in [2.24, 2.45) is 10.6 Å². The van der Waals surface area contributed by atoms with E-state index in [1.807, 2.05) is 13.0 Å². The molecule has 144 valence electrons. The van der Waals surface area contributed by atoms with Gasteiger partial charge in [-0.2, -0.15) is 0 Å². The first-order valence-corrected chi connectivity index (χ1v) is 9.38. The Labute approximate surface area is 159 Å². The molecule has 2 aliphatic heterocycles. The average molecular weight is 372 g/mol. The zero-order valence-corrected chi connectivity index (χ0v) is 15.6. The topological polar surface area (TPSA) is 51.1 Å². The molecule has 0 bridgehead atoms. The van der Waals surface area contributed by atoms with Crippen molar-refractivity contribution in [2.75, 3.05) is 26.2 Å². The van der Waals surface area contributed by atoms with E-state index < -0.39 is 5.41 Å². The highest BCUT2D eigenvalue weighted by atomic mass is 19.1. The smallest absolute Gasteiger partial charge is 0.313 e. The third-order valence-electron chi connectivity index (χ3n) is 5.19. The Morgan fingerprint density at radius 3 is 3.15 bits per heavy atom. The van der Waals surface area contributed by atoms with E-state index in [0.29, 0.717) is 43.8 Å². The second-order valence-corrected chi connectivity index (χ2v) is 7.20. The van der Waals surface area contributed by atoms with Gasteiger partial charge in [-0.1, -0.05) is 23.2 Å². The lowest BCUT2D eigenvalue weighted by atomic mass is 9.74. The van der Waals surface area contributed by atoms with Crippen LogP contribution in [0.3, 0.4) is 0 Å². The Kier molecular flexibility index (Phi) is 6.12. The van der Waals surface area contributed by atoms with Gasteiger partial charge in [-0.25, -0.2) is 4.39 Å². The van der Waals surface area contributed by atoms with Crippen LogP contribution >= 0.6 is 0 Å². The highest BCUT2D eigenvalue weighted by molar-refractivity contribution is 6.01. The van der Waals surface area contributed by atoms with Crippen molar-refractivity contribution in [3.8, 4) is 12.3 Å². The Bertz CT molecular complexity index is 758. The van der Waals surface area contributed by atoms with Crippen LogP contribution in [0.1, 0.15) is 38.2 Å². The van der Waals surface area contributed by atoms with E-state index in [2.05, 4.69) is 16.0 Å². The molecule has 0 aliphatic carbocycles. The summed E-state index contributed by atoms with van der Waals surface area (Å²) < 4.78 is 18.9. The molecule has 2 atom stereocenters. The molecule has 3 rings (SSSR count). The van der Waals surface area contributed by atoms with Gasteiger partial charge >= 0.3 is 5.97 Å². The maximum Gasteiger partial charge on any atom is 0.313 e. The zero-order chi connectivity index (χ0) is 19.3. The Morgan fingerprint density at radius 2 is 2.41 bits per heavy atom. The van der Waals surface area contributed by atoms with Crippen LogP contribution in [0.15, 0.2) is 29.4 Å². The van der Waals surface area contributed by atoms with Gasteiger partial charge in [-0.15, -0.1) is 6.42 Å². The molecule has 1 aromatic rings. The molecule has 1 aromatic carbocycles. The summed E-state index contributed by atoms with van der Waals surface area (Å²) in [5.74, 6) is 2.15. The molecule has 0 saturated carbocycles. The minimum atomic E-state index is -0.650. The number of carbonyl (C=O) groups is 1. The molecule has 27 heavy (non-hydrogen) atoms. The fraction of sp³-hybridized carbons (Fsp3) is 0.524. The average Bonchev–Trinajstić information content (AvgIpc) is 3.11. The van der Waals surface area contributed by atoms with E-state index in [0.717, 1.165) is 19.4 Å². The third-order valence-corrected chi connectivity index (χ3v) is 5.19. The predicted molar refractivity (Wildman–Crippen MR) is 101 cm³/mol. The van der Waals surface area contributed by atoms with Crippen molar-refractivity contribution in [3.63, 3.8) is 0 Å². The lowest BCUT2D eigenvalue weighted by Crippen LogP contribution is -2.50. The van der Waals surface area contributed by atoms with Crippen LogP contribution in [0.25, 0.3) is 0 Å². The number of oxime groups is 1. The number of halogens is 1. The summed E-state index contributed by atoms with van der Waals surface area (Å²) in [7, 11) is 0. The molecule has 0 spiro atoms. The van der Waals surface area contributed by atoms with Crippen LogP contribution in [0, 0.1) is 23.6 Å². The number of carbonyl (C=O) groups excluding carboxylic acids is 1. The highest BCUT2D eigenvalue weighted by Crippen LogP contribution is 2.38. The molecule has 0 radical (unpaired) electrons. The summed E-state index contributed by atoms with van der Waals surface area (Å²) in [6, 6.07) is 6.31. The molecule has 5 nitrogen and oxygen atoms in total. The first-order valence-electron chi connectivity index (χ1n) is 9.38. The molecule has 0 N–H and O–H groups in total. The maximum atomic E-state index is 13.5. The highest BCUT2D eigenvalue weighted by Gasteiger charge is 2.46. The second-order valence-electron chi connectivity index (χ2n) is 7.20. The number of piperidine rings is 1. The van der Waals surface area contributed by atoms with Crippen LogP contribution in [0.2, 0.25) is 0 Å². The number of nitrogens with zero attached hydrogens (tertiary/aromatic N) is 2. The minimum absolute atomic E-state index is 0.200. The number of ether oxygens (including phenoxy) is 1. The van der Waals surface area contributed by atoms with Crippen molar-refractivity contribution in [3.05, 3.63) is 35.6 Å². The normalized spacial score (nSPS) is 25.4. The molecule has 1 fully saturated rings. The zero-order valence-electron chi connectivity index (χ0n) is 15.6.